The Morgan fingerprint density at radius 1 is 1.53 bits per heavy atom. The number of aliphatic hydroxyl groups is 1. The Kier molecular flexibility index (Phi) is 3.97. The molecule has 1 aromatic heterocycles. The van der Waals surface area contributed by atoms with Crippen LogP contribution in [0.2, 0.25) is 0 Å². The van der Waals surface area contributed by atoms with Crippen molar-refractivity contribution in [3.8, 4) is 0 Å². The number of nitrogens with zero attached hydrogens (tertiary/aromatic N) is 3. The van der Waals surface area contributed by atoms with Gasteiger partial charge in [0.25, 0.3) is 0 Å². The maximum Gasteiger partial charge on any atom is 0.138 e. The summed E-state index contributed by atoms with van der Waals surface area (Å²) in [5.41, 5.74) is -0.960. The molecule has 5 heteroatoms. The second-order valence-corrected chi connectivity index (χ2v) is 6.19. The smallest absolute Gasteiger partial charge is 0.138 e. The number of hydrogen-bond donors (Lipinski definition) is 1. The van der Waals surface area contributed by atoms with Gasteiger partial charge in [0.05, 0.1) is 17.8 Å². The van der Waals surface area contributed by atoms with E-state index in [-0.39, 0.29) is 11.6 Å². The summed E-state index contributed by atoms with van der Waals surface area (Å²) in [5.74, 6) is 0.859. The van der Waals surface area contributed by atoms with Gasteiger partial charge in [0.1, 0.15) is 12.2 Å². The van der Waals surface area contributed by atoms with Crippen molar-refractivity contribution < 1.29 is 9.84 Å². The van der Waals surface area contributed by atoms with E-state index in [4.69, 9.17) is 4.74 Å². The number of hydrogen-bond acceptors (Lipinski definition) is 4. The molecule has 0 spiro atoms. The molecule has 1 aliphatic rings. The molecule has 0 amide bonds. The topological polar surface area (TPSA) is 60.2 Å². The predicted octanol–water partition coefficient (Wildman–Crippen LogP) is 2.11. The van der Waals surface area contributed by atoms with Gasteiger partial charge in [0.15, 0.2) is 0 Å². The maximum atomic E-state index is 10.9. The normalized spacial score (nSPS) is 31.9. The SMILES string of the molecule is CCC1(C)CC(O)(Cc2ncnn2C(C)C)CCO1. The third-order valence-electron chi connectivity index (χ3n) is 4.09. The lowest BCUT2D eigenvalue weighted by Crippen LogP contribution is -2.48. The Labute approximate surface area is 115 Å². The summed E-state index contributed by atoms with van der Waals surface area (Å²) in [7, 11) is 0. The van der Waals surface area contributed by atoms with Crippen LogP contribution in [0.5, 0.6) is 0 Å². The molecule has 1 aromatic rings. The minimum atomic E-state index is -0.733. The van der Waals surface area contributed by atoms with E-state index < -0.39 is 5.60 Å². The summed E-state index contributed by atoms with van der Waals surface area (Å²) >= 11 is 0. The molecule has 2 heterocycles. The highest BCUT2D eigenvalue weighted by atomic mass is 16.5. The Morgan fingerprint density at radius 2 is 2.26 bits per heavy atom. The van der Waals surface area contributed by atoms with E-state index in [1.54, 1.807) is 6.33 Å². The van der Waals surface area contributed by atoms with Crippen molar-refractivity contribution in [1.82, 2.24) is 14.8 Å². The van der Waals surface area contributed by atoms with Gasteiger partial charge in [0.2, 0.25) is 0 Å². The molecule has 1 saturated heterocycles. The standard InChI is InChI=1S/C14H25N3O2/c1-5-13(4)9-14(18,6-7-19-13)8-12-15-10-16-17(12)11(2)3/h10-11,18H,5-9H2,1-4H3. The molecule has 5 nitrogen and oxygen atoms in total. The first-order valence-corrected chi connectivity index (χ1v) is 7.12. The predicted molar refractivity (Wildman–Crippen MR) is 72.9 cm³/mol. The van der Waals surface area contributed by atoms with Gasteiger partial charge in [0, 0.05) is 25.3 Å². The van der Waals surface area contributed by atoms with E-state index in [2.05, 4.69) is 37.8 Å². The van der Waals surface area contributed by atoms with Gasteiger partial charge < -0.3 is 9.84 Å². The first-order valence-electron chi connectivity index (χ1n) is 7.12. The lowest BCUT2D eigenvalue weighted by molar-refractivity contribution is -0.153. The zero-order valence-corrected chi connectivity index (χ0v) is 12.4. The summed E-state index contributed by atoms with van der Waals surface area (Å²) in [5, 5.41) is 15.1. The van der Waals surface area contributed by atoms with Crippen LogP contribution in [0.15, 0.2) is 6.33 Å². The number of ether oxygens (including phenoxy) is 1. The molecule has 2 rings (SSSR count). The quantitative estimate of drug-likeness (QED) is 0.907. The monoisotopic (exact) mass is 267 g/mol. The van der Waals surface area contributed by atoms with Gasteiger partial charge in [-0.25, -0.2) is 9.67 Å². The average Bonchev–Trinajstić information content (AvgIpc) is 2.76. The van der Waals surface area contributed by atoms with Crippen LogP contribution in [0.4, 0.5) is 0 Å². The van der Waals surface area contributed by atoms with E-state index in [0.717, 1.165) is 12.2 Å². The summed E-state index contributed by atoms with van der Waals surface area (Å²) in [6.45, 7) is 8.92. The molecular formula is C14H25N3O2. The molecule has 1 aliphatic heterocycles. The van der Waals surface area contributed by atoms with Crippen LogP contribution in [0.25, 0.3) is 0 Å². The molecule has 0 bridgehead atoms. The zero-order valence-electron chi connectivity index (χ0n) is 12.4. The Hall–Kier alpha value is -0.940. The molecular weight excluding hydrogens is 242 g/mol. The molecule has 19 heavy (non-hydrogen) atoms. The molecule has 0 radical (unpaired) electrons. The van der Waals surface area contributed by atoms with Crippen molar-refractivity contribution >= 4 is 0 Å². The Balaban J connectivity index is 2.15. The molecule has 2 atom stereocenters. The summed E-state index contributed by atoms with van der Waals surface area (Å²) in [6.07, 6.45) is 4.34. The highest BCUT2D eigenvalue weighted by molar-refractivity contribution is 5.00. The van der Waals surface area contributed by atoms with Crippen LogP contribution in [0, 0.1) is 0 Å². The first kappa shape index (κ1) is 14.5. The number of aromatic nitrogens is 3. The van der Waals surface area contributed by atoms with Gasteiger partial charge in [-0.3, -0.25) is 0 Å². The van der Waals surface area contributed by atoms with E-state index in [1.807, 2.05) is 4.68 Å². The third kappa shape index (κ3) is 3.15. The van der Waals surface area contributed by atoms with Crippen molar-refractivity contribution in [2.45, 2.75) is 70.6 Å². The zero-order chi connectivity index (χ0) is 14.1. The summed E-state index contributed by atoms with van der Waals surface area (Å²) < 4.78 is 7.69. The molecule has 1 N–H and O–H groups in total. The Morgan fingerprint density at radius 3 is 2.89 bits per heavy atom. The molecule has 108 valence electrons. The van der Waals surface area contributed by atoms with Crippen molar-refractivity contribution in [1.29, 1.82) is 0 Å². The lowest BCUT2D eigenvalue weighted by Gasteiger charge is -2.43. The van der Waals surface area contributed by atoms with Gasteiger partial charge in [-0.15, -0.1) is 0 Å². The highest BCUT2D eigenvalue weighted by Crippen LogP contribution is 2.36. The third-order valence-corrected chi connectivity index (χ3v) is 4.09. The fourth-order valence-electron chi connectivity index (χ4n) is 2.83. The average molecular weight is 267 g/mol. The molecule has 2 unspecified atom stereocenters. The largest absolute Gasteiger partial charge is 0.389 e. The van der Waals surface area contributed by atoms with Crippen LogP contribution in [0.1, 0.15) is 58.8 Å². The van der Waals surface area contributed by atoms with Crippen molar-refractivity contribution in [2.24, 2.45) is 0 Å². The summed E-state index contributed by atoms with van der Waals surface area (Å²) in [6, 6.07) is 0.262. The number of rotatable bonds is 4. The lowest BCUT2D eigenvalue weighted by atomic mass is 9.80. The minimum absolute atomic E-state index is 0.227. The summed E-state index contributed by atoms with van der Waals surface area (Å²) in [4.78, 5) is 4.30. The molecule has 1 fully saturated rings. The first-order chi connectivity index (χ1) is 8.87. The van der Waals surface area contributed by atoms with E-state index in [9.17, 15) is 5.11 Å². The van der Waals surface area contributed by atoms with Crippen LogP contribution < -0.4 is 0 Å². The molecule has 0 saturated carbocycles. The second kappa shape index (κ2) is 5.21. The Bertz CT molecular complexity index is 432. The minimum Gasteiger partial charge on any atom is -0.389 e. The van der Waals surface area contributed by atoms with Gasteiger partial charge in [-0.2, -0.15) is 5.10 Å². The van der Waals surface area contributed by atoms with Crippen molar-refractivity contribution in [3.05, 3.63) is 12.2 Å². The van der Waals surface area contributed by atoms with Crippen LogP contribution in [0.3, 0.4) is 0 Å². The van der Waals surface area contributed by atoms with E-state index >= 15 is 0 Å². The van der Waals surface area contributed by atoms with Crippen molar-refractivity contribution in [2.75, 3.05) is 6.61 Å². The molecule has 0 aliphatic carbocycles. The van der Waals surface area contributed by atoms with E-state index in [0.29, 0.717) is 25.9 Å². The van der Waals surface area contributed by atoms with E-state index in [1.165, 1.54) is 0 Å². The van der Waals surface area contributed by atoms with Gasteiger partial charge in [-0.05, 0) is 27.2 Å². The van der Waals surface area contributed by atoms with Crippen LogP contribution in [-0.4, -0.2) is 37.7 Å². The highest BCUT2D eigenvalue weighted by Gasteiger charge is 2.42. The fraction of sp³-hybridized carbons (Fsp3) is 0.857. The second-order valence-electron chi connectivity index (χ2n) is 6.19. The van der Waals surface area contributed by atoms with Crippen LogP contribution in [-0.2, 0) is 11.2 Å². The fourth-order valence-corrected chi connectivity index (χ4v) is 2.83. The van der Waals surface area contributed by atoms with Crippen molar-refractivity contribution in [3.63, 3.8) is 0 Å². The van der Waals surface area contributed by atoms with Gasteiger partial charge in [-0.1, -0.05) is 6.92 Å². The molecule has 0 aromatic carbocycles. The van der Waals surface area contributed by atoms with Crippen LogP contribution >= 0.6 is 0 Å². The maximum absolute atomic E-state index is 10.9. The van der Waals surface area contributed by atoms with Gasteiger partial charge >= 0.3 is 0 Å².